The molecule has 0 spiro atoms. The second kappa shape index (κ2) is 7.44. The fourth-order valence-corrected chi connectivity index (χ4v) is 3.89. The molecule has 0 radical (unpaired) electrons. The third kappa shape index (κ3) is 3.62. The number of ether oxygens (including phenoxy) is 2. The summed E-state index contributed by atoms with van der Waals surface area (Å²) in [5, 5.41) is 9.86. The quantitative estimate of drug-likeness (QED) is 0.566. The summed E-state index contributed by atoms with van der Waals surface area (Å²) in [6.45, 7) is 0.141. The summed E-state index contributed by atoms with van der Waals surface area (Å²) in [6.07, 6.45) is -0.804. The van der Waals surface area contributed by atoms with Crippen LogP contribution in [0.4, 0.5) is 0 Å². The first-order valence-corrected chi connectivity index (χ1v) is 9.90. The molecule has 3 aromatic rings. The zero-order chi connectivity index (χ0) is 19.6. The van der Waals surface area contributed by atoms with Gasteiger partial charge in [-0.1, -0.05) is 18.2 Å². The Hall–Kier alpha value is -3.18. The molecule has 1 aromatic heterocycles. The number of para-hydroxylation sites is 2. The molecule has 2 N–H and O–H groups in total. The molecule has 10 nitrogen and oxygen atoms in total. The van der Waals surface area contributed by atoms with E-state index in [1.807, 2.05) is 6.07 Å². The molecule has 0 fully saturated rings. The Balaban J connectivity index is 1.31. The molecule has 4 rings (SSSR count). The molecule has 28 heavy (non-hydrogen) atoms. The smallest absolute Gasteiger partial charge is 0.264 e. The highest BCUT2D eigenvalue weighted by atomic mass is 32.2. The third-order valence-corrected chi connectivity index (χ3v) is 5.55. The molecule has 11 heteroatoms. The second-order valence-electron chi connectivity index (χ2n) is 5.94. The lowest BCUT2D eigenvalue weighted by molar-refractivity contribution is -0.130. The van der Waals surface area contributed by atoms with Crippen molar-refractivity contribution in [3.05, 3.63) is 42.5 Å². The van der Waals surface area contributed by atoms with Crippen molar-refractivity contribution in [2.24, 2.45) is 0 Å². The van der Waals surface area contributed by atoms with Gasteiger partial charge in [0, 0.05) is 13.1 Å². The Kier molecular flexibility index (Phi) is 4.84. The van der Waals surface area contributed by atoms with Gasteiger partial charge in [-0.05, 0) is 34.6 Å². The first-order valence-electron chi connectivity index (χ1n) is 8.42. The van der Waals surface area contributed by atoms with Gasteiger partial charge >= 0.3 is 0 Å². The Morgan fingerprint density at radius 2 is 1.89 bits per heavy atom. The number of carbonyl (C=O) groups is 1. The van der Waals surface area contributed by atoms with Crippen LogP contribution in [0.1, 0.15) is 0 Å². The number of carbonyl (C=O) groups excluding carboxylic acids is 1. The average Bonchev–Trinajstić information content (AvgIpc) is 3.19. The number of fused-ring (bicyclic) bond motifs is 2. The number of benzene rings is 2. The van der Waals surface area contributed by atoms with Crippen molar-refractivity contribution in [2.75, 3.05) is 19.7 Å². The zero-order valence-corrected chi connectivity index (χ0v) is 15.3. The van der Waals surface area contributed by atoms with Crippen LogP contribution >= 0.6 is 0 Å². The fraction of sp³-hybridized carbons (Fsp3) is 0.235. The Labute approximate surface area is 159 Å². The van der Waals surface area contributed by atoms with Crippen molar-refractivity contribution < 1.29 is 27.3 Å². The van der Waals surface area contributed by atoms with Gasteiger partial charge in [0.2, 0.25) is 16.1 Å². The van der Waals surface area contributed by atoms with E-state index in [-0.39, 0.29) is 30.1 Å². The number of amides is 1. The van der Waals surface area contributed by atoms with Gasteiger partial charge < -0.3 is 14.8 Å². The summed E-state index contributed by atoms with van der Waals surface area (Å²) in [5.74, 6) is 0.677. The minimum atomic E-state index is -3.84. The molecule has 1 atom stereocenters. The summed E-state index contributed by atoms with van der Waals surface area (Å²) in [7, 11) is -3.84. The van der Waals surface area contributed by atoms with E-state index in [1.165, 1.54) is 6.07 Å². The molecular weight excluding hydrogens is 388 g/mol. The molecule has 1 amide bonds. The van der Waals surface area contributed by atoms with Gasteiger partial charge in [0.25, 0.3) is 5.91 Å². The topological polar surface area (TPSA) is 133 Å². The Morgan fingerprint density at radius 1 is 1.07 bits per heavy atom. The van der Waals surface area contributed by atoms with Crippen LogP contribution in [-0.4, -0.2) is 50.4 Å². The van der Waals surface area contributed by atoms with Crippen LogP contribution in [0.5, 0.6) is 11.5 Å². The van der Waals surface area contributed by atoms with Gasteiger partial charge in [0.05, 0.1) is 0 Å². The van der Waals surface area contributed by atoms with Crippen LogP contribution in [0.3, 0.4) is 0 Å². The maximum Gasteiger partial charge on any atom is 0.264 e. The van der Waals surface area contributed by atoms with Gasteiger partial charge in [0.1, 0.15) is 17.0 Å². The van der Waals surface area contributed by atoms with Crippen molar-refractivity contribution in [2.45, 2.75) is 11.0 Å². The largest absolute Gasteiger partial charge is 0.485 e. The minimum absolute atomic E-state index is 0.0140. The van der Waals surface area contributed by atoms with Crippen molar-refractivity contribution in [1.29, 1.82) is 0 Å². The Morgan fingerprint density at radius 3 is 2.75 bits per heavy atom. The normalized spacial score (nSPS) is 16.1. The molecule has 0 bridgehead atoms. The number of hydrogen-bond acceptors (Lipinski definition) is 8. The molecular formula is C17H16N4O6S. The minimum Gasteiger partial charge on any atom is -0.485 e. The second-order valence-corrected chi connectivity index (χ2v) is 7.68. The van der Waals surface area contributed by atoms with Crippen molar-refractivity contribution in [3.63, 3.8) is 0 Å². The van der Waals surface area contributed by atoms with E-state index in [0.29, 0.717) is 17.0 Å². The summed E-state index contributed by atoms with van der Waals surface area (Å²) < 4.78 is 43.0. The van der Waals surface area contributed by atoms with Gasteiger partial charge in [-0.25, -0.2) is 17.8 Å². The lowest BCUT2D eigenvalue weighted by Crippen LogP contribution is -2.46. The molecule has 2 heterocycles. The van der Waals surface area contributed by atoms with E-state index >= 15 is 0 Å². The lowest BCUT2D eigenvalue weighted by Gasteiger charge is -2.25. The van der Waals surface area contributed by atoms with Gasteiger partial charge in [-0.2, -0.15) is 0 Å². The van der Waals surface area contributed by atoms with Crippen molar-refractivity contribution in [1.82, 2.24) is 20.4 Å². The standard InChI is InChI=1S/C17H16N4O6S/c22-17(14-10-25-12-5-1-2-6-13(12)26-14)18-8-9-19-28(23,24)15-7-3-4-11-16(15)21-27-20-11/h1-7,14,19H,8-10H2,(H,18,22)/t14-/m0/s1. The number of hydrogen-bond donors (Lipinski definition) is 2. The van der Waals surface area contributed by atoms with E-state index in [4.69, 9.17) is 9.47 Å². The van der Waals surface area contributed by atoms with Gasteiger partial charge in [0.15, 0.2) is 17.0 Å². The van der Waals surface area contributed by atoms with E-state index in [2.05, 4.69) is 25.0 Å². The van der Waals surface area contributed by atoms with Crippen LogP contribution in [0, 0.1) is 0 Å². The molecule has 1 aliphatic heterocycles. The number of sulfonamides is 1. The van der Waals surface area contributed by atoms with E-state index in [0.717, 1.165) is 0 Å². The average molecular weight is 404 g/mol. The van der Waals surface area contributed by atoms with Gasteiger partial charge in [-0.15, -0.1) is 0 Å². The number of aromatic nitrogens is 2. The van der Waals surface area contributed by atoms with E-state index < -0.39 is 22.0 Å². The van der Waals surface area contributed by atoms with Crippen LogP contribution < -0.4 is 19.5 Å². The fourth-order valence-electron chi connectivity index (χ4n) is 2.71. The van der Waals surface area contributed by atoms with Crippen LogP contribution in [-0.2, 0) is 14.8 Å². The summed E-state index contributed by atoms with van der Waals surface area (Å²) in [6, 6.07) is 11.6. The van der Waals surface area contributed by atoms with E-state index in [1.54, 1.807) is 30.3 Å². The molecule has 0 saturated carbocycles. The highest BCUT2D eigenvalue weighted by Gasteiger charge is 2.27. The first-order chi connectivity index (χ1) is 13.5. The van der Waals surface area contributed by atoms with Crippen molar-refractivity contribution in [3.8, 4) is 11.5 Å². The molecule has 146 valence electrons. The Bertz CT molecular complexity index is 1110. The number of nitrogens with zero attached hydrogens (tertiary/aromatic N) is 2. The molecule has 1 aliphatic rings. The number of rotatable bonds is 6. The molecule has 0 aliphatic carbocycles. The van der Waals surface area contributed by atoms with Crippen molar-refractivity contribution >= 4 is 27.0 Å². The lowest BCUT2D eigenvalue weighted by atomic mass is 10.2. The highest BCUT2D eigenvalue weighted by molar-refractivity contribution is 7.89. The predicted molar refractivity (Wildman–Crippen MR) is 96.4 cm³/mol. The number of nitrogens with one attached hydrogen (secondary N) is 2. The summed E-state index contributed by atoms with van der Waals surface area (Å²) in [5.41, 5.74) is 0.483. The van der Waals surface area contributed by atoms with Crippen LogP contribution in [0.25, 0.3) is 11.0 Å². The maximum absolute atomic E-state index is 12.4. The van der Waals surface area contributed by atoms with Crippen LogP contribution in [0.2, 0.25) is 0 Å². The van der Waals surface area contributed by atoms with Gasteiger partial charge in [-0.3, -0.25) is 4.79 Å². The SMILES string of the molecule is O=C(NCCNS(=O)(=O)c1cccc2nonc12)[C@@H]1COc2ccccc2O1. The monoisotopic (exact) mass is 404 g/mol. The molecule has 0 saturated heterocycles. The maximum atomic E-state index is 12.4. The zero-order valence-electron chi connectivity index (χ0n) is 14.5. The summed E-state index contributed by atoms with van der Waals surface area (Å²) in [4.78, 5) is 12.2. The predicted octanol–water partition coefficient (Wildman–Crippen LogP) is 0.457. The first kappa shape index (κ1) is 18.2. The molecule has 2 aromatic carbocycles. The van der Waals surface area contributed by atoms with E-state index in [9.17, 15) is 13.2 Å². The highest BCUT2D eigenvalue weighted by Crippen LogP contribution is 2.30. The third-order valence-electron chi connectivity index (χ3n) is 4.06. The summed E-state index contributed by atoms with van der Waals surface area (Å²) >= 11 is 0. The molecule has 0 unspecified atom stereocenters. The van der Waals surface area contributed by atoms with Crippen LogP contribution in [0.15, 0.2) is 52.0 Å².